The lowest BCUT2D eigenvalue weighted by Crippen LogP contribution is -2.27. The van der Waals surface area contributed by atoms with Gasteiger partial charge in [-0.25, -0.2) is 19.3 Å². The SMILES string of the molecule is Cc1c(Nc2ncnc3cc(CN4CC[C@@H](F)C4)cnc23)cccc1-c1cccc(NC(=O)c2nc3c(n2C)CCN(C)C3)c1Cl. The molecule has 1 fully saturated rings. The molecule has 1 atom stereocenters. The number of carbonyl (C=O) groups excluding carboxylic acids is 1. The maximum atomic E-state index is 13.7. The molecule has 2 aliphatic rings. The van der Waals surface area contributed by atoms with Gasteiger partial charge in [0.2, 0.25) is 0 Å². The first-order chi connectivity index (χ1) is 22.2. The van der Waals surface area contributed by atoms with Gasteiger partial charge in [-0.1, -0.05) is 35.9 Å². The molecule has 0 saturated carbocycles. The molecular weight excluding hydrogens is 605 g/mol. The van der Waals surface area contributed by atoms with Crippen LogP contribution in [0, 0.1) is 6.92 Å². The number of amides is 1. The Morgan fingerprint density at radius 1 is 1.07 bits per heavy atom. The minimum atomic E-state index is -0.763. The minimum Gasteiger partial charge on any atom is -0.338 e. The van der Waals surface area contributed by atoms with Gasteiger partial charge in [-0.3, -0.25) is 14.7 Å². The van der Waals surface area contributed by atoms with Crippen LogP contribution in [0.2, 0.25) is 5.02 Å². The molecule has 5 aromatic rings. The van der Waals surface area contributed by atoms with Crippen LogP contribution in [0.15, 0.2) is 55.0 Å². The zero-order chi connectivity index (χ0) is 31.9. The van der Waals surface area contributed by atoms with E-state index in [1.54, 1.807) is 6.07 Å². The van der Waals surface area contributed by atoms with Gasteiger partial charge < -0.3 is 20.1 Å². The van der Waals surface area contributed by atoms with Crippen molar-refractivity contribution in [2.75, 3.05) is 37.3 Å². The number of nitrogens with one attached hydrogen (secondary N) is 2. The van der Waals surface area contributed by atoms with E-state index in [4.69, 9.17) is 11.6 Å². The van der Waals surface area contributed by atoms with Crippen LogP contribution in [0.3, 0.4) is 0 Å². The first-order valence-corrected chi connectivity index (χ1v) is 15.8. The second-order valence-corrected chi connectivity index (χ2v) is 12.5. The van der Waals surface area contributed by atoms with E-state index in [1.807, 2.05) is 61.1 Å². The van der Waals surface area contributed by atoms with E-state index in [1.165, 1.54) is 6.33 Å². The van der Waals surface area contributed by atoms with E-state index < -0.39 is 6.17 Å². The summed E-state index contributed by atoms with van der Waals surface area (Å²) in [5.41, 5.74) is 8.37. The van der Waals surface area contributed by atoms with Crippen LogP contribution in [0.1, 0.15) is 39.6 Å². The Morgan fingerprint density at radius 3 is 2.67 bits per heavy atom. The first-order valence-electron chi connectivity index (χ1n) is 15.4. The highest BCUT2D eigenvalue weighted by molar-refractivity contribution is 6.36. The lowest BCUT2D eigenvalue weighted by atomic mass is 9.98. The van der Waals surface area contributed by atoms with Crippen molar-refractivity contribution in [3.63, 3.8) is 0 Å². The van der Waals surface area contributed by atoms with E-state index in [9.17, 15) is 9.18 Å². The van der Waals surface area contributed by atoms with Gasteiger partial charge in [0.05, 0.1) is 21.9 Å². The van der Waals surface area contributed by atoms with Crippen molar-refractivity contribution in [2.45, 2.75) is 39.0 Å². The van der Waals surface area contributed by atoms with Crippen molar-refractivity contribution < 1.29 is 9.18 Å². The topological polar surface area (TPSA) is 104 Å². The number of nitrogens with zero attached hydrogens (tertiary/aromatic N) is 7. The Morgan fingerprint density at radius 2 is 1.87 bits per heavy atom. The van der Waals surface area contributed by atoms with E-state index in [0.717, 1.165) is 65.4 Å². The molecule has 0 radical (unpaired) electrons. The molecule has 2 aromatic carbocycles. The average Bonchev–Trinajstić information content (AvgIpc) is 3.60. The molecule has 46 heavy (non-hydrogen) atoms. The van der Waals surface area contributed by atoms with Crippen LogP contribution in [0.5, 0.6) is 0 Å². The Bertz CT molecular complexity index is 1960. The summed E-state index contributed by atoms with van der Waals surface area (Å²) in [5, 5.41) is 6.87. The van der Waals surface area contributed by atoms with Gasteiger partial charge in [-0.2, -0.15) is 0 Å². The molecule has 0 unspecified atom stereocenters. The van der Waals surface area contributed by atoms with Gasteiger partial charge in [0.25, 0.3) is 5.91 Å². The molecule has 1 saturated heterocycles. The van der Waals surface area contributed by atoms with Gasteiger partial charge in [0.1, 0.15) is 18.0 Å². The zero-order valence-electron chi connectivity index (χ0n) is 26.0. The summed E-state index contributed by atoms with van der Waals surface area (Å²) in [4.78, 5) is 35.9. The molecule has 3 aromatic heterocycles. The first kappa shape index (κ1) is 30.2. The molecule has 236 valence electrons. The number of anilines is 3. The molecule has 2 aliphatic heterocycles. The van der Waals surface area contributed by atoms with Crippen molar-refractivity contribution in [1.29, 1.82) is 0 Å². The fraction of sp³-hybridized carbons (Fsp3) is 0.324. The molecule has 1 amide bonds. The van der Waals surface area contributed by atoms with Crippen LogP contribution in [-0.4, -0.2) is 73.1 Å². The van der Waals surface area contributed by atoms with Crippen molar-refractivity contribution >= 4 is 45.7 Å². The van der Waals surface area contributed by atoms with E-state index in [0.29, 0.717) is 52.9 Å². The van der Waals surface area contributed by atoms with E-state index in [-0.39, 0.29) is 5.91 Å². The normalized spacial score (nSPS) is 16.9. The van der Waals surface area contributed by atoms with Gasteiger partial charge in [0.15, 0.2) is 11.6 Å². The fourth-order valence-electron chi connectivity index (χ4n) is 6.42. The average molecular weight is 640 g/mol. The summed E-state index contributed by atoms with van der Waals surface area (Å²) >= 11 is 6.96. The number of likely N-dealkylation sites (tertiary alicyclic amines) is 1. The number of halogens is 2. The van der Waals surface area contributed by atoms with Crippen LogP contribution in [0.4, 0.5) is 21.6 Å². The van der Waals surface area contributed by atoms with E-state index >= 15 is 0 Å². The molecule has 10 nitrogen and oxygen atoms in total. The number of fused-ring (bicyclic) bond motifs is 2. The van der Waals surface area contributed by atoms with Crippen molar-refractivity contribution in [3.8, 4) is 11.1 Å². The third-order valence-electron chi connectivity index (χ3n) is 8.93. The number of likely N-dealkylation sites (N-methyl/N-ethyl adjacent to an activating group) is 1. The number of rotatable bonds is 7. The minimum absolute atomic E-state index is 0.302. The molecule has 0 spiro atoms. The Labute approximate surface area is 271 Å². The molecule has 0 bridgehead atoms. The highest BCUT2D eigenvalue weighted by atomic mass is 35.5. The van der Waals surface area contributed by atoms with Crippen LogP contribution in [-0.2, 0) is 26.6 Å². The molecule has 0 aliphatic carbocycles. The Kier molecular flexibility index (Phi) is 8.14. The van der Waals surface area contributed by atoms with Crippen LogP contribution in [0.25, 0.3) is 22.2 Å². The number of aromatic nitrogens is 5. The molecular formula is C34H35ClFN9O. The number of imidazole rings is 1. The van der Waals surface area contributed by atoms with Gasteiger partial charge in [0, 0.05) is 69.3 Å². The summed E-state index contributed by atoms with van der Waals surface area (Å²) < 4.78 is 15.5. The quantitative estimate of drug-likeness (QED) is 0.226. The van der Waals surface area contributed by atoms with Gasteiger partial charge in [-0.15, -0.1) is 0 Å². The highest BCUT2D eigenvalue weighted by Gasteiger charge is 2.25. The number of alkyl halides is 1. The monoisotopic (exact) mass is 639 g/mol. The predicted octanol–water partition coefficient (Wildman–Crippen LogP) is 5.91. The maximum absolute atomic E-state index is 13.7. The summed E-state index contributed by atoms with van der Waals surface area (Å²) in [6.45, 7) is 5.50. The zero-order valence-corrected chi connectivity index (χ0v) is 26.8. The van der Waals surface area contributed by atoms with E-state index in [2.05, 4.69) is 47.4 Å². The predicted molar refractivity (Wildman–Crippen MR) is 178 cm³/mol. The Hall–Kier alpha value is -4.45. The largest absolute Gasteiger partial charge is 0.338 e. The lowest BCUT2D eigenvalue weighted by molar-refractivity contribution is 0.101. The lowest BCUT2D eigenvalue weighted by Gasteiger charge is -2.21. The third kappa shape index (κ3) is 5.81. The Balaban J connectivity index is 1.13. The van der Waals surface area contributed by atoms with Gasteiger partial charge in [-0.05, 0) is 55.3 Å². The number of carbonyl (C=O) groups is 1. The highest BCUT2D eigenvalue weighted by Crippen LogP contribution is 2.38. The number of pyridine rings is 1. The fourth-order valence-corrected chi connectivity index (χ4v) is 6.69. The van der Waals surface area contributed by atoms with Crippen molar-refractivity contribution in [1.82, 2.24) is 34.3 Å². The molecule has 5 heterocycles. The second kappa shape index (κ2) is 12.4. The number of benzene rings is 2. The molecule has 2 N–H and O–H groups in total. The summed E-state index contributed by atoms with van der Waals surface area (Å²) in [7, 11) is 3.94. The third-order valence-corrected chi connectivity index (χ3v) is 9.33. The molecule has 7 rings (SSSR count). The van der Waals surface area contributed by atoms with Crippen LogP contribution < -0.4 is 10.6 Å². The smallest absolute Gasteiger partial charge is 0.291 e. The van der Waals surface area contributed by atoms with Crippen molar-refractivity contribution in [2.24, 2.45) is 7.05 Å². The summed E-state index contributed by atoms with van der Waals surface area (Å²) in [6, 6.07) is 13.5. The second-order valence-electron chi connectivity index (χ2n) is 12.2. The number of hydrogen-bond acceptors (Lipinski definition) is 8. The van der Waals surface area contributed by atoms with Crippen LogP contribution >= 0.6 is 11.6 Å². The van der Waals surface area contributed by atoms with Gasteiger partial charge >= 0.3 is 0 Å². The number of hydrogen-bond donors (Lipinski definition) is 2. The summed E-state index contributed by atoms with van der Waals surface area (Å²) in [5.74, 6) is 0.647. The van der Waals surface area contributed by atoms with Crippen molar-refractivity contribution in [3.05, 3.63) is 88.4 Å². The maximum Gasteiger partial charge on any atom is 0.291 e. The molecule has 12 heteroatoms. The summed E-state index contributed by atoms with van der Waals surface area (Å²) in [6.07, 6.45) is 3.99. The standard InChI is InChI=1S/C34H35ClFN9O/c1-20-23(24-7-5-9-26(30(24)35)42-34(46)33-41-28-18-43(2)12-11-29(28)44(33)3)6-4-8-25(20)40-32-31-27(38-19-39-32)14-21(15-37-31)16-45-13-10-22(36)17-45/h4-9,14-15,19,22H,10-13,16-18H2,1-3H3,(H,42,46)(H,38,39,40)/t22-/m1/s1.